The summed E-state index contributed by atoms with van der Waals surface area (Å²) in [7, 11) is 0. The van der Waals surface area contributed by atoms with E-state index in [1.165, 1.54) is 38.1 Å². The van der Waals surface area contributed by atoms with Gasteiger partial charge in [-0.15, -0.1) is 0 Å². The fourth-order valence-corrected chi connectivity index (χ4v) is 2.95. The Morgan fingerprint density at radius 3 is 1.71 bits per heavy atom. The van der Waals surface area contributed by atoms with Crippen molar-refractivity contribution < 1.29 is 33.0 Å². The van der Waals surface area contributed by atoms with Gasteiger partial charge in [0.25, 0.3) is 0 Å². The fraction of sp³-hybridized carbons (Fsp3) is 0.391. The third-order valence-electron chi connectivity index (χ3n) is 4.54. The highest BCUT2D eigenvalue weighted by molar-refractivity contribution is 5.81. The molecule has 2 aromatic rings. The largest absolute Gasteiger partial charge is 0.457 e. The maximum absolute atomic E-state index is 13.4. The van der Waals surface area contributed by atoms with Crippen LogP contribution in [0.1, 0.15) is 45.7 Å². The van der Waals surface area contributed by atoms with E-state index in [-0.39, 0.29) is 11.1 Å². The number of halogens is 2. The Labute approximate surface area is 180 Å². The average molecular weight is 435 g/mol. The lowest BCUT2D eigenvalue weighted by atomic mass is 9.82. The van der Waals surface area contributed by atoms with E-state index in [1.54, 1.807) is 20.8 Å². The minimum absolute atomic E-state index is 0.244. The molecular weight excluding hydrogens is 408 g/mol. The van der Waals surface area contributed by atoms with Crippen molar-refractivity contribution in [1.29, 1.82) is 0 Å². The first-order valence-electron chi connectivity index (χ1n) is 9.77. The lowest BCUT2D eigenvalue weighted by Crippen LogP contribution is -2.47. The van der Waals surface area contributed by atoms with E-state index in [4.69, 9.17) is 9.47 Å². The number of carbonyl (C=O) groups is 2. The molecule has 0 spiro atoms. The molecule has 2 N–H and O–H groups in total. The number of nitrogens with one attached hydrogen (secondary N) is 1. The second-order valence-corrected chi connectivity index (χ2v) is 8.23. The SMILES string of the molecule is C[C@H](NC(=O)OC(C)(C)C)C(=O)O[C@@H](C)C(O)(c1ccc(F)cc1)c1ccc(F)cc1. The number of carbonyl (C=O) groups excluding carboxylic acids is 2. The van der Waals surface area contributed by atoms with Crippen LogP contribution in [0.3, 0.4) is 0 Å². The van der Waals surface area contributed by atoms with Crippen molar-refractivity contribution in [1.82, 2.24) is 5.32 Å². The molecule has 168 valence electrons. The van der Waals surface area contributed by atoms with Crippen LogP contribution in [-0.4, -0.2) is 34.9 Å². The first kappa shape index (κ1) is 24.3. The highest BCUT2D eigenvalue weighted by Gasteiger charge is 2.41. The molecule has 0 bridgehead atoms. The van der Waals surface area contributed by atoms with E-state index in [9.17, 15) is 23.5 Å². The predicted molar refractivity (Wildman–Crippen MR) is 110 cm³/mol. The molecular formula is C23H27F2NO5. The number of aliphatic hydroxyl groups is 1. The average Bonchev–Trinajstić information content (AvgIpc) is 2.66. The molecule has 0 aliphatic carbocycles. The van der Waals surface area contributed by atoms with Crippen LogP contribution < -0.4 is 5.32 Å². The number of ether oxygens (including phenoxy) is 2. The summed E-state index contributed by atoms with van der Waals surface area (Å²) in [6.07, 6.45) is -1.96. The van der Waals surface area contributed by atoms with Crippen molar-refractivity contribution in [2.24, 2.45) is 0 Å². The number of amides is 1. The summed E-state index contributed by atoms with van der Waals surface area (Å²) >= 11 is 0. The number of alkyl carbamates (subject to hydrolysis) is 1. The van der Waals surface area contributed by atoms with Crippen LogP contribution in [-0.2, 0) is 19.9 Å². The van der Waals surface area contributed by atoms with Gasteiger partial charge in [-0.25, -0.2) is 18.4 Å². The maximum atomic E-state index is 13.4. The molecule has 0 radical (unpaired) electrons. The van der Waals surface area contributed by atoms with Crippen molar-refractivity contribution in [3.8, 4) is 0 Å². The zero-order chi connectivity index (χ0) is 23.4. The smallest absolute Gasteiger partial charge is 0.408 e. The second kappa shape index (κ2) is 9.43. The third-order valence-corrected chi connectivity index (χ3v) is 4.54. The summed E-state index contributed by atoms with van der Waals surface area (Å²) in [4.78, 5) is 24.4. The number of hydrogen-bond donors (Lipinski definition) is 2. The molecule has 6 nitrogen and oxygen atoms in total. The second-order valence-electron chi connectivity index (χ2n) is 8.23. The van der Waals surface area contributed by atoms with Crippen molar-refractivity contribution in [2.75, 3.05) is 0 Å². The zero-order valence-electron chi connectivity index (χ0n) is 18.1. The fourth-order valence-electron chi connectivity index (χ4n) is 2.95. The molecule has 0 fully saturated rings. The standard InChI is InChI=1S/C23H27F2NO5/c1-14(26-21(28)31-22(3,4)5)20(27)30-15(2)23(29,16-6-10-18(24)11-7-16)17-8-12-19(25)13-9-17/h6-15,29H,1-5H3,(H,26,28)/t14-,15-/m0/s1. The summed E-state index contributed by atoms with van der Waals surface area (Å²) in [5.74, 6) is -1.84. The molecule has 0 aliphatic heterocycles. The van der Waals surface area contributed by atoms with Gasteiger partial charge < -0.3 is 19.9 Å². The van der Waals surface area contributed by atoms with E-state index < -0.39 is 47.0 Å². The van der Waals surface area contributed by atoms with E-state index in [0.717, 1.165) is 24.3 Å². The topological polar surface area (TPSA) is 84.9 Å². The minimum Gasteiger partial charge on any atom is -0.457 e. The van der Waals surface area contributed by atoms with E-state index in [0.29, 0.717) is 0 Å². The number of esters is 1. The van der Waals surface area contributed by atoms with Crippen LogP contribution in [0.2, 0.25) is 0 Å². The van der Waals surface area contributed by atoms with Gasteiger partial charge in [-0.3, -0.25) is 0 Å². The van der Waals surface area contributed by atoms with Crippen LogP contribution >= 0.6 is 0 Å². The monoisotopic (exact) mass is 435 g/mol. The lowest BCUT2D eigenvalue weighted by Gasteiger charge is -2.35. The number of rotatable bonds is 6. The molecule has 31 heavy (non-hydrogen) atoms. The van der Waals surface area contributed by atoms with Gasteiger partial charge in [0.1, 0.15) is 29.4 Å². The Kier molecular flexibility index (Phi) is 7.38. The molecule has 0 aromatic heterocycles. The summed E-state index contributed by atoms with van der Waals surface area (Å²) < 4.78 is 37.4. The third kappa shape index (κ3) is 6.24. The van der Waals surface area contributed by atoms with E-state index in [2.05, 4.69) is 5.32 Å². The Bertz CT molecular complexity index is 862. The van der Waals surface area contributed by atoms with Crippen molar-refractivity contribution >= 4 is 12.1 Å². The molecule has 0 saturated carbocycles. The molecule has 2 aromatic carbocycles. The molecule has 0 unspecified atom stereocenters. The van der Waals surface area contributed by atoms with Gasteiger partial charge in [-0.05, 0) is 70.0 Å². The van der Waals surface area contributed by atoms with Gasteiger partial charge in [0.2, 0.25) is 0 Å². The molecule has 2 rings (SSSR count). The van der Waals surface area contributed by atoms with Gasteiger partial charge in [0.15, 0.2) is 5.60 Å². The zero-order valence-corrected chi connectivity index (χ0v) is 18.1. The normalized spacial score (nSPS) is 13.8. The minimum atomic E-state index is -1.90. The summed E-state index contributed by atoms with van der Waals surface area (Å²) in [6.45, 7) is 7.91. The van der Waals surface area contributed by atoms with Crippen molar-refractivity contribution in [3.63, 3.8) is 0 Å². The van der Waals surface area contributed by atoms with Crippen LogP contribution in [0.4, 0.5) is 13.6 Å². The van der Waals surface area contributed by atoms with Gasteiger partial charge in [-0.1, -0.05) is 24.3 Å². The van der Waals surface area contributed by atoms with Gasteiger partial charge >= 0.3 is 12.1 Å². The molecule has 0 saturated heterocycles. The quantitative estimate of drug-likeness (QED) is 0.669. The maximum Gasteiger partial charge on any atom is 0.408 e. The predicted octanol–water partition coefficient (Wildman–Crippen LogP) is 4.05. The van der Waals surface area contributed by atoms with Gasteiger partial charge in [0, 0.05) is 0 Å². The van der Waals surface area contributed by atoms with Crippen LogP contribution in [0.5, 0.6) is 0 Å². The first-order valence-corrected chi connectivity index (χ1v) is 9.77. The highest BCUT2D eigenvalue weighted by Crippen LogP contribution is 2.35. The molecule has 0 aliphatic rings. The molecule has 8 heteroatoms. The van der Waals surface area contributed by atoms with Crippen LogP contribution in [0.25, 0.3) is 0 Å². The molecule has 1 amide bonds. The molecule has 2 atom stereocenters. The van der Waals surface area contributed by atoms with Gasteiger partial charge in [-0.2, -0.15) is 0 Å². The lowest BCUT2D eigenvalue weighted by molar-refractivity contribution is -0.162. The number of hydrogen-bond acceptors (Lipinski definition) is 5. The molecule has 0 heterocycles. The summed E-state index contributed by atoms with van der Waals surface area (Å²) in [5, 5.41) is 13.9. The Balaban J connectivity index is 2.26. The summed E-state index contributed by atoms with van der Waals surface area (Å²) in [6, 6.07) is 8.97. The van der Waals surface area contributed by atoms with Gasteiger partial charge in [0.05, 0.1) is 0 Å². The highest BCUT2D eigenvalue weighted by atomic mass is 19.1. The Morgan fingerprint density at radius 2 is 1.32 bits per heavy atom. The van der Waals surface area contributed by atoms with Crippen LogP contribution in [0, 0.1) is 11.6 Å². The Hall–Kier alpha value is -3.00. The first-order chi connectivity index (χ1) is 14.3. The van der Waals surface area contributed by atoms with Crippen molar-refractivity contribution in [2.45, 2.75) is 58.0 Å². The van der Waals surface area contributed by atoms with E-state index >= 15 is 0 Å². The summed E-state index contributed by atoms with van der Waals surface area (Å²) in [5.41, 5.74) is -2.16. The van der Waals surface area contributed by atoms with E-state index in [1.807, 2.05) is 0 Å². The number of benzene rings is 2. The van der Waals surface area contributed by atoms with Crippen LogP contribution in [0.15, 0.2) is 48.5 Å². The van der Waals surface area contributed by atoms with Crippen molar-refractivity contribution in [3.05, 3.63) is 71.3 Å². The Morgan fingerprint density at radius 1 is 0.903 bits per heavy atom.